The molecule has 0 spiro atoms. The van der Waals surface area contributed by atoms with Gasteiger partial charge in [-0.2, -0.15) is 5.10 Å². The third kappa shape index (κ3) is 3.85. The molecule has 1 heterocycles. The van der Waals surface area contributed by atoms with Crippen molar-refractivity contribution in [1.29, 1.82) is 0 Å². The second-order valence-corrected chi connectivity index (χ2v) is 4.96. The summed E-state index contributed by atoms with van der Waals surface area (Å²) in [5.74, 6) is 0.406. The van der Waals surface area contributed by atoms with Crippen LogP contribution < -0.4 is 10.1 Å². The molecule has 0 aliphatic carbocycles. The lowest BCUT2D eigenvalue weighted by atomic mass is 10.2. The van der Waals surface area contributed by atoms with Gasteiger partial charge in [-0.3, -0.25) is 19.6 Å². The SMILES string of the molecule is CCOc1ccc(NC(=O)C(C)n2cc([N+](=O)[O-])c(C)n2)cc1. The Hall–Kier alpha value is -2.90. The molecule has 1 aromatic heterocycles. The van der Waals surface area contributed by atoms with Crippen molar-refractivity contribution in [3.05, 3.63) is 46.3 Å². The van der Waals surface area contributed by atoms with Crippen LogP contribution in [0.25, 0.3) is 0 Å². The number of anilines is 1. The second kappa shape index (κ2) is 6.91. The van der Waals surface area contributed by atoms with E-state index in [1.807, 2.05) is 6.92 Å². The van der Waals surface area contributed by atoms with E-state index in [2.05, 4.69) is 10.4 Å². The lowest BCUT2D eigenvalue weighted by Crippen LogP contribution is -2.24. The quantitative estimate of drug-likeness (QED) is 0.652. The van der Waals surface area contributed by atoms with Crippen LogP contribution in [-0.2, 0) is 4.79 Å². The van der Waals surface area contributed by atoms with Gasteiger partial charge in [0.2, 0.25) is 5.91 Å². The maximum absolute atomic E-state index is 12.2. The average Bonchev–Trinajstić information content (AvgIpc) is 2.91. The monoisotopic (exact) mass is 318 g/mol. The zero-order chi connectivity index (χ0) is 17.0. The molecule has 0 bridgehead atoms. The molecule has 2 rings (SSSR count). The highest BCUT2D eigenvalue weighted by atomic mass is 16.6. The molecule has 122 valence electrons. The number of ether oxygens (including phenoxy) is 1. The number of nitrogens with one attached hydrogen (secondary N) is 1. The van der Waals surface area contributed by atoms with Crippen molar-refractivity contribution < 1.29 is 14.5 Å². The average molecular weight is 318 g/mol. The minimum absolute atomic E-state index is 0.106. The predicted molar refractivity (Wildman–Crippen MR) is 84.6 cm³/mol. The standard InChI is InChI=1S/C15H18N4O4/c1-4-23-13-7-5-12(6-8-13)16-15(20)11(3)18-9-14(19(21)22)10(2)17-18/h5-9,11H,4H2,1-3H3,(H,16,20). The van der Waals surface area contributed by atoms with Gasteiger partial charge in [-0.1, -0.05) is 0 Å². The summed E-state index contributed by atoms with van der Waals surface area (Å²) in [6.45, 7) is 5.62. The highest BCUT2D eigenvalue weighted by Gasteiger charge is 2.22. The van der Waals surface area contributed by atoms with Crippen molar-refractivity contribution in [3.63, 3.8) is 0 Å². The van der Waals surface area contributed by atoms with Gasteiger partial charge in [0.25, 0.3) is 0 Å². The van der Waals surface area contributed by atoms with Crippen molar-refractivity contribution in [2.75, 3.05) is 11.9 Å². The Balaban J connectivity index is 2.07. The summed E-state index contributed by atoms with van der Waals surface area (Å²) in [5, 5.41) is 17.6. The number of nitrogens with zero attached hydrogens (tertiary/aromatic N) is 3. The molecular formula is C15H18N4O4. The van der Waals surface area contributed by atoms with Crippen LogP contribution in [0.1, 0.15) is 25.6 Å². The fourth-order valence-corrected chi connectivity index (χ4v) is 2.02. The van der Waals surface area contributed by atoms with Gasteiger partial charge in [-0.15, -0.1) is 0 Å². The molecule has 0 saturated carbocycles. The largest absolute Gasteiger partial charge is 0.494 e. The highest BCUT2D eigenvalue weighted by molar-refractivity contribution is 5.93. The third-order valence-corrected chi connectivity index (χ3v) is 3.30. The lowest BCUT2D eigenvalue weighted by Gasteiger charge is -2.12. The van der Waals surface area contributed by atoms with E-state index in [9.17, 15) is 14.9 Å². The Bertz CT molecular complexity index is 709. The Morgan fingerprint density at radius 1 is 1.43 bits per heavy atom. The van der Waals surface area contributed by atoms with Crippen LogP contribution in [-0.4, -0.2) is 27.2 Å². The lowest BCUT2D eigenvalue weighted by molar-refractivity contribution is -0.385. The summed E-state index contributed by atoms with van der Waals surface area (Å²) < 4.78 is 6.62. The summed E-state index contributed by atoms with van der Waals surface area (Å²) in [5.41, 5.74) is 0.783. The van der Waals surface area contributed by atoms with Crippen LogP contribution in [0.3, 0.4) is 0 Å². The molecular weight excluding hydrogens is 300 g/mol. The van der Waals surface area contributed by atoms with Gasteiger partial charge in [0, 0.05) is 5.69 Å². The number of hydrogen-bond acceptors (Lipinski definition) is 5. The Morgan fingerprint density at radius 2 is 2.09 bits per heavy atom. The third-order valence-electron chi connectivity index (χ3n) is 3.30. The van der Waals surface area contributed by atoms with E-state index < -0.39 is 11.0 Å². The number of aromatic nitrogens is 2. The van der Waals surface area contributed by atoms with Crippen LogP contribution in [0.15, 0.2) is 30.5 Å². The van der Waals surface area contributed by atoms with Gasteiger partial charge in [-0.25, -0.2) is 0 Å². The van der Waals surface area contributed by atoms with Gasteiger partial charge in [0.1, 0.15) is 23.7 Å². The van der Waals surface area contributed by atoms with Gasteiger partial charge >= 0.3 is 5.69 Å². The van der Waals surface area contributed by atoms with E-state index >= 15 is 0 Å². The molecule has 1 aromatic carbocycles. The zero-order valence-corrected chi connectivity index (χ0v) is 13.1. The molecule has 1 N–H and O–H groups in total. The minimum atomic E-state index is -0.672. The van der Waals surface area contributed by atoms with Crippen LogP contribution in [0.2, 0.25) is 0 Å². The van der Waals surface area contributed by atoms with Crippen molar-refractivity contribution in [3.8, 4) is 5.75 Å². The summed E-state index contributed by atoms with van der Waals surface area (Å²) in [6, 6.07) is 6.30. The number of rotatable bonds is 6. The Labute approximate surface area is 133 Å². The number of benzene rings is 1. The van der Waals surface area contributed by atoms with Crippen LogP contribution >= 0.6 is 0 Å². The fourth-order valence-electron chi connectivity index (χ4n) is 2.02. The summed E-state index contributed by atoms with van der Waals surface area (Å²) in [7, 11) is 0. The Morgan fingerprint density at radius 3 is 2.61 bits per heavy atom. The van der Waals surface area contributed by atoms with Gasteiger partial charge in [0.05, 0.1) is 11.5 Å². The molecule has 8 heteroatoms. The van der Waals surface area contributed by atoms with Gasteiger partial charge in [0.15, 0.2) is 0 Å². The second-order valence-electron chi connectivity index (χ2n) is 4.96. The summed E-state index contributed by atoms with van der Waals surface area (Å²) >= 11 is 0. The van der Waals surface area contributed by atoms with Crippen molar-refractivity contribution in [1.82, 2.24) is 9.78 Å². The maximum Gasteiger partial charge on any atom is 0.309 e. The van der Waals surface area contributed by atoms with E-state index in [-0.39, 0.29) is 17.3 Å². The first-order valence-electron chi connectivity index (χ1n) is 7.16. The van der Waals surface area contributed by atoms with E-state index in [4.69, 9.17) is 4.74 Å². The predicted octanol–water partition coefficient (Wildman–Crippen LogP) is 2.70. The molecule has 23 heavy (non-hydrogen) atoms. The number of hydrogen-bond donors (Lipinski definition) is 1. The first kappa shape index (κ1) is 16.5. The molecule has 0 saturated heterocycles. The number of carbonyl (C=O) groups excluding carboxylic acids is 1. The molecule has 0 aliphatic heterocycles. The minimum Gasteiger partial charge on any atom is -0.494 e. The number of carbonyl (C=O) groups is 1. The molecule has 1 unspecified atom stereocenters. The molecule has 0 fully saturated rings. The first-order valence-corrected chi connectivity index (χ1v) is 7.16. The van der Waals surface area contributed by atoms with Crippen molar-refractivity contribution in [2.45, 2.75) is 26.8 Å². The number of nitro groups is 1. The van der Waals surface area contributed by atoms with Gasteiger partial charge < -0.3 is 10.1 Å². The number of aryl methyl sites for hydroxylation is 1. The van der Waals surface area contributed by atoms with Crippen molar-refractivity contribution in [2.24, 2.45) is 0 Å². The summed E-state index contributed by atoms with van der Waals surface area (Å²) in [6.07, 6.45) is 1.26. The fraction of sp³-hybridized carbons (Fsp3) is 0.333. The molecule has 0 radical (unpaired) electrons. The molecule has 8 nitrogen and oxygen atoms in total. The molecule has 2 aromatic rings. The van der Waals surface area contributed by atoms with E-state index in [0.717, 1.165) is 5.75 Å². The summed E-state index contributed by atoms with van der Waals surface area (Å²) in [4.78, 5) is 22.6. The zero-order valence-electron chi connectivity index (χ0n) is 13.1. The van der Waals surface area contributed by atoms with Crippen LogP contribution in [0.4, 0.5) is 11.4 Å². The van der Waals surface area contributed by atoms with Crippen molar-refractivity contribution >= 4 is 17.3 Å². The van der Waals surface area contributed by atoms with E-state index in [1.165, 1.54) is 17.8 Å². The van der Waals surface area contributed by atoms with E-state index in [0.29, 0.717) is 12.3 Å². The van der Waals surface area contributed by atoms with E-state index in [1.54, 1.807) is 31.2 Å². The van der Waals surface area contributed by atoms with Crippen LogP contribution in [0, 0.1) is 17.0 Å². The normalized spacial score (nSPS) is 11.8. The Kier molecular flexibility index (Phi) is 4.95. The first-order chi connectivity index (χ1) is 10.9. The highest BCUT2D eigenvalue weighted by Crippen LogP contribution is 2.20. The van der Waals surface area contributed by atoms with Crippen LogP contribution in [0.5, 0.6) is 5.75 Å². The molecule has 1 amide bonds. The number of amides is 1. The topological polar surface area (TPSA) is 99.3 Å². The maximum atomic E-state index is 12.2. The smallest absolute Gasteiger partial charge is 0.309 e. The van der Waals surface area contributed by atoms with Gasteiger partial charge in [-0.05, 0) is 45.0 Å². The molecule has 0 aliphatic rings. The molecule has 1 atom stereocenters.